The number of imidazole rings is 1. The van der Waals surface area contributed by atoms with Gasteiger partial charge in [-0.15, -0.1) is 0 Å². The molecule has 2 heterocycles. The van der Waals surface area contributed by atoms with Gasteiger partial charge in [0, 0.05) is 46.0 Å². The highest BCUT2D eigenvalue weighted by atomic mass is 35.5. The van der Waals surface area contributed by atoms with Gasteiger partial charge in [-0.25, -0.2) is 4.98 Å². The number of fused-ring (bicyclic) bond motifs is 1. The van der Waals surface area contributed by atoms with Crippen LogP contribution in [0.5, 0.6) is 0 Å². The molecule has 0 spiro atoms. The maximum absolute atomic E-state index is 6.62. The predicted octanol–water partition coefficient (Wildman–Crippen LogP) is 6.98. The van der Waals surface area contributed by atoms with Gasteiger partial charge >= 0.3 is 0 Å². The first kappa shape index (κ1) is 18.0. The Labute approximate surface area is 178 Å². The quantitative estimate of drug-likeness (QED) is 0.336. The van der Waals surface area contributed by atoms with E-state index in [4.69, 9.17) is 23.2 Å². The fourth-order valence-corrected chi connectivity index (χ4v) is 4.44. The number of aromatic amines is 1. The third kappa shape index (κ3) is 3.23. The van der Waals surface area contributed by atoms with Crippen LogP contribution in [0, 0.1) is 0 Å². The zero-order valence-corrected chi connectivity index (χ0v) is 16.9. The SMILES string of the molecule is Clc1ccc(C(c2c[nH]cc2-c2cccc3ccccc23)n2ccnc2)c(Cl)c1. The van der Waals surface area contributed by atoms with E-state index in [2.05, 4.69) is 57.0 Å². The summed E-state index contributed by atoms with van der Waals surface area (Å²) in [6, 6.07) is 20.3. The highest BCUT2D eigenvalue weighted by molar-refractivity contribution is 6.35. The van der Waals surface area contributed by atoms with E-state index in [0.29, 0.717) is 10.0 Å². The monoisotopic (exact) mass is 417 g/mol. The fourth-order valence-electron chi connectivity index (χ4n) is 3.93. The Morgan fingerprint density at radius 1 is 0.862 bits per heavy atom. The van der Waals surface area contributed by atoms with Crippen LogP contribution < -0.4 is 0 Å². The van der Waals surface area contributed by atoms with Gasteiger partial charge in [0.15, 0.2) is 0 Å². The van der Waals surface area contributed by atoms with Crippen LogP contribution in [0.25, 0.3) is 21.9 Å². The van der Waals surface area contributed by atoms with Crippen molar-refractivity contribution in [2.24, 2.45) is 0 Å². The van der Waals surface area contributed by atoms with Crippen molar-refractivity contribution in [2.75, 3.05) is 0 Å². The number of benzene rings is 3. The van der Waals surface area contributed by atoms with Gasteiger partial charge < -0.3 is 9.55 Å². The lowest BCUT2D eigenvalue weighted by Gasteiger charge is -2.22. The van der Waals surface area contributed by atoms with E-state index in [1.165, 1.54) is 16.3 Å². The van der Waals surface area contributed by atoms with Crippen molar-refractivity contribution in [3.8, 4) is 11.1 Å². The van der Waals surface area contributed by atoms with E-state index in [9.17, 15) is 0 Å². The van der Waals surface area contributed by atoms with Gasteiger partial charge in [0.2, 0.25) is 0 Å². The average Bonchev–Trinajstić information content (AvgIpc) is 3.42. The largest absolute Gasteiger partial charge is 0.367 e. The molecule has 2 aromatic heterocycles. The Kier molecular flexibility index (Phi) is 4.62. The Hall–Kier alpha value is -3.01. The van der Waals surface area contributed by atoms with Crippen LogP contribution in [-0.4, -0.2) is 14.5 Å². The summed E-state index contributed by atoms with van der Waals surface area (Å²) >= 11 is 12.8. The first-order valence-electron chi connectivity index (χ1n) is 9.29. The second-order valence-corrected chi connectivity index (χ2v) is 7.77. The molecule has 0 amide bonds. The number of halogens is 2. The first-order valence-corrected chi connectivity index (χ1v) is 10.0. The van der Waals surface area contributed by atoms with Crippen molar-refractivity contribution in [1.29, 1.82) is 0 Å². The summed E-state index contributed by atoms with van der Waals surface area (Å²) in [5, 5.41) is 3.66. The minimum absolute atomic E-state index is 0.137. The number of H-pyrrole nitrogens is 1. The van der Waals surface area contributed by atoms with Crippen molar-refractivity contribution in [3.63, 3.8) is 0 Å². The number of nitrogens with one attached hydrogen (secondary N) is 1. The zero-order valence-electron chi connectivity index (χ0n) is 15.4. The molecule has 0 aliphatic carbocycles. The summed E-state index contributed by atoms with van der Waals surface area (Å²) in [7, 11) is 0. The maximum atomic E-state index is 6.62. The van der Waals surface area contributed by atoms with Gasteiger partial charge in [-0.2, -0.15) is 0 Å². The molecule has 0 fully saturated rings. The van der Waals surface area contributed by atoms with E-state index < -0.39 is 0 Å². The normalized spacial score (nSPS) is 12.3. The van der Waals surface area contributed by atoms with Crippen molar-refractivity contribution in [1.82, 2.24) is 14.5 Å². The van der Waals surface area contributed by atoms with Crippen LogP contribution in [0.2, 0.25) is 10.0 Å². The molecule has 1 N–H and O–H groups in total. The number of aromatic nitrogens is 3. The summed E-state index contributed by atoms with van der Waals surface area (Å²) in [4.78, 5) is 7.56. The van der Waals surface area contributed by atoms with Gasteiger partial charge in [-0.05, 0) is 34.0 Å². The molecule has 0 radical (unpaired) electrons. The van der Waals surface area contributed by atoms with Gasteiger partial charge in [0.1, 0.15) is 0 Å². The van der Waals surface area contributed by atoms with Gasteiger partial charge in [0.25, 0.3) is 0 Å². The molecule has 5 rings (SSSR count). The van der Waals surface area contributed by atoms with Crippen LogP contribution >= 0.6 is 23.2 Å². The minimum atomic E-state index is -0.137. The van der Waals surface area contributed by atoms with Crippen molar-refractivity contribution in [3.05, 3.63) is 113 Å². The molecular weight excluding hydrogens is 401 g/mol. The van der Waals surface area contributed by atoms with E-state index >= 15 is 0 Å². The average molecular weight is 418 g/mol. The molecule has 0 aliphatic rings. The highest BCUT2D eigenvalue weighted by Gasteiger charge is 2.23. The van der Waals surface area contributed by atoms with E-state index in [1.807, 2.05) is 37.1 Å². The fraction of sp³-hybridized carbons (Fsp3) is 0.0417. The van der Waals surface area contributed by atoms with Crippen molar-refractivity contribution >= 4 is 34.0 Å². The molecule has 0 aliphatic heterocycles. The van der Waals surface area contributed by atoms with E-state index in [-0.39, 0.29) is 6.04 Å². The molecule has 3 aromatic carbocycles. The van der Waals surface area contributed by atoms with Crippen LogP contribution in [0.15, 0.2) is 91.8 Å². The minimum Gasteiger partial charge on any atom is -0.367 e. The smallest absolute Gasteiger partial charge is 0.0954 e. The first-order chi connectivity index (χ1) is 14.2. The Morgan fingerprint density at radius 2 is 1.72 bits per heavy atom. The molecule has 0 saturated heterocycles. The van der Waals surface area contributed by atoms with Gasteiger partial charge in [-0.1, -0.05) is 71.7 Å². The molecular formula is C24H17Cl2N3. The predicted molar refractivity (Wildman–Crippen MR) is 120 cm³/mol. The number of rotatable bonds is 4. The van der Waals surface area contributed by atoms with E-state index in [1.54, 1.807) is 12.3 Å². The zero-order chi connectivity index (χ0) is 19.8. The molecule has 142 valence electrons. The Balaban J connectivity index is 1.75. The topological polar surface area (TPSA) is 33.6 Å². The lowest BCUT2D eigenvalue weighted by Crippen LogP contribution is -2.11. The van der Waals surface area contributed by atoms with Gasteiger partial charge in [0.05, 0.1) is 12.4 Å². The molecule has 0 bridgehead atoms. The van der Waals surface area contributed by atoms with Crippen LogP contribution in [-0.2, 0) is 0 Å². The Bertz CT molecular complexity index is 1280. The molecule has 5 heteroatoms. The lowest BCUT2D eigenvalue weighted by molar-refractivity contribution is 0.679. The van der Waals surface area contributed by atoms with Crippen LogP contribution in [0.3, 0.4) is 0 Å². The third-order valence-electron chi connectivity index (χ3n) is 5.23. The molecule has 29 heavy (non-hydrogen) atoms. The highest BCUT2D eigenvalue weighted by Crippen LogP contribution is 2.39. The second kappa shape index (κ2) is 7.43. The molecule has 5 aromatic rings. The number of nitrogens with zero attached hydrogens (tertiary/aromatic N) is 2. The lowest BCUT2D eigenvalue weighted by atomic mass is 9.92. The van der Waals surface area contributed by atoms with Crippen LogP contribution in [0.1, 0.15) is 17.2 Å². The summed E-state index contributed by atoms with van der Waals surface area (Å²) in [5.41, 5.74) is 4.39. The van der Waals surface area contributed by atoms with Gasteiger partial charge in [-0.3, -0.25) is 0 Å². The molecule has 1 unspecified atom stereocenters. The number of hydrogen-bond acceptors (Lipinski definition) is 1. The molecule has 3 nitrogen and oxygen atoms in total. The summed E-state index contributed by atoms with van der Waals surface area (Å²) in [6.07, 6.45) is 9.63. The van der Waals surface area contributed by atoms with Crippen molar-refractivity contribution in [2.45, 2.75) is 6.04 Å². The van der Waals surface area contributed by atoms with E-state index in [0.717, 1.165) is 16.7 Å². The number of hydrogen-bond donors (Lipinski definition) is 1. The van der Waals surface area contributed by atoms with Crippen molar-refractivity contribution < 1.29 is 0 Å². The standard InChI is InChI=1S/C24H17Cl2N3/c25-17-8-9-20(23(26)12-17)24(29-11-10-27-15-29)22-14-28-13-21(22)19-7-3-5-16-4-1-2-6-18(16)19/h1-15,24,28H. The summed E-state index contributed by atoms with van der Waals surface area (Å²) < 4.78 is 2.06. The summed E-state index contributed by atoms with van der Waals surface area (Å²) in [6.45, 7) is 0. The third-order valence-corrected chi connectivity index (χ3v) is 5.79. The Morgan fingerprint density at radius 3 is 2.55 bits per heavy atom. The maximum Gasteiger partial charge on any atom is 0.0954 e. The summed E-state index contributed by atoms with van der Waals surface area (Å²) in [5.74, 6) is 0. The molecule has 1 atom stereocenters. The second-order valence-electron chi connectivity index (χ2n) is 6.93. The van der Waals surface area contributed by atoms with Crippen LogP contribution in [0.4, 0.5) is 0 Å². The molecule has 0 saturated carbocycles.